The van der Waals surface area contributed by atoms with Gasteiger partial charge in [0.05, 0.1) is 5.39 Å². The van der Waals surface area contributed by atoms with E-state index in [1.54, 1.807) is 6.92 Å². The average molecular weight is 355 g/mol. The number of nitrogens with one attached hydrogen (secondary N) is 1. The van der Waals surface area contributed by atoms with Gasteiger partial charge in [-0.3, -0.25) is 0 Å². The summed E-state index contributed by atoms with van der Waals surface area (Å²) in [5.41, 5.74) is 2.95. The Labute approximate surface area is 150 Å². The van der Waals surface area contributed by atoms with Gasteiger partial charge in [0.15, 0.2) is 0 Å². The Hall–Kier alpha value is -2.47. The lowest BCUT2D eigenvalue weighted by molar-refractivity contribution is 0.0701. The number of carbonyl (C=O) groups is 1. The van der Waals surface area contributed by atoms with Crippen LogP contribution in [0, 0.1) is 13.8 Å². The Morgan fingerprint density at radius 1 is 1.20 bits per heavy atom. The normalized spacial score (nSPS) is 11.0. The van der Waals surface area contributed by atoms with Crippen LogP contribution in [-0.2, 0) is 6.42 Å². The van der Waals surface area contributed by atoms with Crippen LogP contribution in [0.2, 0.25) is 0 Å². The fourth-order valence-corrected chi connectivity index (χ4v) is 3.88. The number of hydrogen-bond donors (Lipinski definition) is 2. The van der Waals surface area contributed by atoms with Gasteiger partial charge in [-0.2, -0.15) is 0 Å². The number of aromatic carboxylic acids is 1. The predicted octanol–water partition coefficient (Wildman–Crippen LogP) is 5.09. The summed E-state index contributed by atoms with van der Waals surface area (Å²) >= 11 is 1.19. The molecule has 2 heterocycles. The highest BCUT2D eigenvalue weighted by atomic mass is 32.1. The molecule has 0 fully saturated rings. The van der Waals surface area contributed by atoms with Gasteiger partial charge in [-0.25, -0.2) is 14.8 Å². The average Bonchev–Trinajstić information content (AvgIpc) is 2.91. The smallest absolute Gasteiger partial charge is 0.346 e. The van der Waals surface area contributed by atoms with Crippen LogP contribution >= 0.6 is 11.3 Å². The first kappa shape index (κ1) is 17.4. The Bertz CT molecular complexity index is 917. The number of thiophene rings is 1. The van der Waals surface area contributed by atoms with Crippen molar-refractivity contribution in [3.63, 3.8) is 0 Å². The van der Waals surface area contributed by atoms with Crippen molar-refractivity contribution in [3.05, 3.63) is 46.1 Å². The molecule has 0 aliphatic carbocycles. The highest BCUT2D eigenvalue weighted by molar-refractivity contribution is 7.20. The van der Waals surface area contributed by atoms with E-state index in [0.29, 0.717) is 26.9 Å². The summed E-state index contributed by atoms with van der Waals surface area (Å²) in [6, 6.07) is 8.31. The van der Waals surface area contributed by atoms with Crippen molar-refractivity contribution in [3.8, 4) is 0 Å². The van der Waals surface area contributed by atoms with Gasteiger partial charge in [-0.05, 0) is 49.9 Å². The van der Waals surface area contributed by atoms with Crippen LogP contribution < -0.4 is 5.32 Å². The van der Waals surface area contributed by atoms with Crippen molar-refractivity contribution < 1.29 is 9.90 Å². The number of fused-ring (bicyclic) bond motifs is 1. The van der Waals surface area contributed by atoms with E-state index in [-0.39, 0.29) is 0 Å². The van der Waals surface area contributed by atoms with E-state index in [9.17, 15) is 9.90 Å². The minimum atomic E-state index is -0.926. The van der Waals surface area contributed by atoms with E-state index in [0.717, 1.165) is 17.5 Å². The first-order chi connectivity index (χ1) is 12.0. The monoisotopic (exact) mass is 355 g/mol. The van der Waals surface area contributed by atoms with Gasteiger partial charge in [-0.1, -0.05) is 25.5 Å². The van der Waals surface area contributed by atoms with Crippen molar-refractivity contribution in [2.45, 2.75) is 40.0 Å². The predicted molar refractivity (Wildman–Crippen MR) is 102 cm³/mol. The molecule has 0 aliphatic heterocycles. The summed E-state index contributed by atoms with van der Waals surface area (Å²) in [4.78, 5) is 21.3. The van der Waals surface area contributed by atoms with E-state index < -0.39 is 5.97 Å². The molecule has 3 rings (SSSR count). The zero-order chi connectivity index (χ0) is 18.0. The van der Waals surface area contributed by atoms with Crippen LogP contribution in [0.3, 0.4) is 0 Å². The van der Waals surface area contributed by atoms with E-state index in [1.165, 1.54) is 29.7 Å². The minimum Gasteiger partial charge on any atom is -0.477 e. The second-order valence-electron chi connectivity index (χ2n) is 6.09. The summed E-state index contributed by atoms with van der Waals surface area (Å²) in [5.74, 6) is 0.349. The third-order valence-electron chi connectivity index (χ3n) is 4.13. The Morgan fingerprint density at radius 3 is 2.56 bits per heavy atom. The molecule has 0 saturated heterocycles. The van der Waals surface area contributed by atoms with Gasteiger partial charge >= 0.3 is 5.97 Å². The maximum Gasteiger partial charge on any atom is 0.346 e. The number of nitrogens with zero attached hydrogens (tertiary/aromatic N) is 2. The van der Waals surface area contributed by atoms with Gasteiger partial charge in [0.25, 0.3) is 0 Å². The van der Waals surface area contributed by atoms with Crippen molar-refractivity contribution in [2.24, 2.45) is 0 Å². The zero-order valence-corrected chi connectivity index (χ0v) is 15.4. The topological polar surface area (TPSA) is 75.1 Å². The standard InChI is InChI=1S/C19H21N3O2S/c1-4-5-6-13-7-9-14(10-8-13)22-17-15-11(2)16(19(23)24)25-18(15)21-12(3)20-17/h7-10H,4-6H2,1-3H3,(H,23,24)(H,20,21,22). The third kappa shape index (κ3) is 3.64. The van der Waals surface area contributed by atoms with Crippen LogP contribution in [0.4, 0.5) is 11.5 Å². The number of aromatic nitrogens is 2. The Balaban J connectivity index is 1.96. The molecule has 25 heavy (non-hydrogen) atoms. The maximum atomic E-state index is 11.4. The second-order valence-corrected chi connectivity index (χ2v) is 7.09. The van der Waals surface area contributed by atoms with E-state index >= 15 is 0 Å². The van der Waals surface area contributed by atoms with Crippen molar-refractivity contribution in [1.82, 2.24) is 9.97 Å². The highest BCUT2D eigenvalue weighted by Crippen LogP contribution is 2.35. The SMILES string of the molecule is CCCCc1ccc(Nc2nc(C)nc3sc(C(=O)O)c(C)c23)cc1. The molecule has 6 heteroatoms. The first-order valence-electron chi connectivity index (χ1n) is 8.36. The highest BCUT2D eigenvalue weighted by Gasteiger charge is 2.19. The fourth-order valence-electron chi connectivity index (χ4n) is 2.81. The maximum absolute atomic E-state index is 11.4. The van der Waals surface area contributed by atoms with Gasteiger partial charge in [-0.15, -0.1) is 11.3 Å². The van der Waals surface area contributed by atoms with Gasteiger partial charge < -0.3 is 10.4 Å². The fraction of sp³-hybridized carbons (Fsp3) is 0.316. The zero-order valence-electron chi connectivity index (χ0n) is 14.6. The lowest BCUT2D eigenvalue weighted by atomic mass is 10.1. The number of rotatable bonds is 6. The molecule has 0 bridgehead atoms. The van der Waals surface area contributed by atoms with Crippen LogP contribution in [0.5, 0.6) is 0 Å². The lowest BCUT2D eigenvalue weighted by Gasteiger charge is -2.09. The van der Waals surface area contributed by atoms with Crippen molar-refractivity contribution in [2.75, 3.05) is 5.32 Å². The lowest BCUT2D eigenvalue weighted by Crippen LogP contribution is -1.99. The molecule has 0 spiro atoms. The minimum absolute atomic E-state index is 0.313. The molecule has 130 valence electrons. The third-order valence-corrected chi connectivity index (χ3v) is 5.31. The number of benzene rings is 1. The molecule has 0 unspecified atom stereocenters. The van der Waals surface area contributed by atoms with Crippen LogP contribution in [0.25, 0.3) is 10.2 Å². The molecule has 0 saturated carbocycles. The number of aryl methyl sites for hydroxylation is 3. The van der Waals surface area contributed by atoms with Crippen LogP contribution in [0.1, 0.15) is 46.4 Å². The van der Waals surface area contributed by atoms with Gasteiger partial charge in [0.2, 0.25) is 0 Å². The molecule has 2 aromatic heterocycles. The van der Waals surface area contributed by atoms with E-state index in [4.69, 9.17) is 0 Å². The van der Waals surface area contributed by atoms with Gasteiger partial charge in [0.1, 0.15) is 21.3 Å². The number of anilines is 2. The number of unbranched alkanes of at least 4 members (excludes halogenated alkanes) is 1. The number of hydrogen-bond acceptors (Lipinski definition) is 5. The summed E-state index contributed by atoms with van der Waals surface area (Å²) in [7, 11) is 0. The summed E-state index contributed by atoms with van der Waals surface area (Å²) in [6.07, 6.45) is 3.45. The Morgan fingerprint density at radius 2 is 1.92 bits per heavy atom. The number of carboxylic acid groups (broad SMARTS) is 1. The molecule has 5 nitrogen and oxygen atoms in total. The largest absolute Gasteiger partial charge is 0.477 e. The van der Waals surface area contributed by atoms with E-state index in [1.807, 2.05) is 19.1 Å². The summed E-state index contributed by atoms with van der Waals surface area (Å²) < 4.78 is 0. The molecular weight excluding hydrogens is 334 g/mol. The molecule has 2 N–H and O–H groups in total. The van der Waals surface area contributed by atoms with Crippen LogP contribution in [-0.4, -0.2) is 21.0 Å². The van der Waals surface area contributed by atoms with Crippen LogP contribution in [0.15, 0.2) is 24.3 Å². The number of carboxylic acids is 1. The molecular formula is C19H21N3O2S. The summed E-state index contributed by atoms with van der Waals surface area (Å²) in [5, 5.41) is 13.5. The molecule has 0 amide bonds. The Kier molecular flexibility index (Phi) is 4.99. The second kappa shape index (κ2) is 7.19. The molecule has 0 radical (unpaired) electrons. The van der Waals surface area contributed by atoms with E-state index in [2.05, 4.69) is 34.3 Å². The van der Waals surface area contributed by atoms with Crippen molar-refractivity contribution in [1.29, 1.82) is 0 Å². The molecule has 3 aromatic rings. The van der Waals surface area contributed by atoms with Gasteiger partial charge in [0, 0.05) is 5.69 Å². The quantitative estimate of drug-likeness (QED) is 0.644. The summed E-state index contributed by atoms with van der Waals surface area (Å²) in [6.45, 7) is 5.81. The molecule has 0 aliphatic rings. The first-order valence-corrected chi connectivity index (χ1v) is 9.18. The molecule has 1 aromatic carbocycles. The van der Waals surface area contributed by atoms with Crippen molar-refractivity contribution >= 4 is 39.0 Å². The molecule has 0 atom stereocenters.